The highest BCUT2D eigenvalue weighted by Gasteiger charge is 2.61. The number of amides is 3. The van der Waals surface area contributed by atoms with E-state index in [1.54, 1.807) is 18.2 Å². The molecule has 0 aromatic carbocycles. The van der Waals surface area contributed by atoms with Gasteiger partial charge in [0.2, 0.25) is 24.8 Å². The Balaban J connectivity index is 0.000000222. The Bertz CT molecular complexity index is 4040. The van der Waals surface area contributed by atoms with E-state index in [1.807, 2.05) is 0 Å². The highest BCUT2D eigenvalue weighted by atomic mass is 19.3. The summed E-state index contributed by atoms with van der Waals surface area (Å²) in [5, 5.41) is 207. The third-order valence-corrected chi connectivity index (χ3v) is 26.9. The van der Waals surface area contributed by atoms with Crippen molar-refractivity contribution in [2.45, 2.75) is 369 Å². The van der Waals surface area contributed by atoms with Gasteiger partial charge in [0.1, 0.15) is 194 Å². The predicted molar refractivity (Wildman–Crippen MR) is 478 cm³/mol. The van der Waals surface area contributed by atoms with Crippen molar-refractivity contribution in [2.24, 2.45) is 103 Å². The molecule has 0 bridgehead atoms. The summed E-state index contributed by atoms with van der Waals surface area (Å²) in [5.74, 6) is -6.20. The van der Waals surface area contributed by atoms with Gasteiger partial charge >= 0.3 is 0 Å². The van der Waals surface area contributed by atoms with Crippen molar-refractivity contribution in [3.8, 4) is 0 Å². The third-order valence-electron chi connectivity index (χ3n) is 26.9. The van der Waals surface area contributed by atoms with Gasteiger partial charge in [0.25, 0.3) is 17.7 Å². The summed E-state index contributed by atoms with van der Waals surface area (Å²) in [7, 11) is 0. The van der Waals surface area contributed by atoms with Crippen molar-refractivity contribution >= 4 is 17.7 Å². The maximum atomic E-state index is 14.0. The third kappa shape index (κ3) is 28.5. The molecule has 58 N–H and O–H groups in total. The highest BCUT2D eigenvalue weighted by molar-refractivity contribution is 5.82. The Labute approximate surface area is 823 Å². The molecule has 3 amide bonds. The minimum absolute atomic E-state index is 0.0120. The minimum Gasteiger partial charge on any atom is -0.467 e. The van der Waals surface area contributed by atoms with Crippen molar-refractivity contribution in [1.82, 2.24) is 16.0 Å². The first-order valence-electron chi connectivity index (χ1n) is 47.2. The molecule has 2 unspecified atom stereocenters. The van der Waals surface area contributed by atoms with Crippen LogP contribution < -0.4 is 119 Å². The van der Waals surface area contributed by atoms with Crippen LogP contribution in [0.1, 0.15) is 44.9 Å². The van der Waals surface area contributed by atoms with Gasteiger partial charge in [0.05, 0.1) is 100 Å². The molecule has 3 saturated carbocycles. The fraction of sp³-hybridized carbons (Fsp3) is 0.889. The number of nitrogens with two attached hydrogens (primary N) is 18. The van der Waals surface area contributed by atoms with Crippen LogP contribution in [0.4, 0.5) is 8.78 Å². The van der Waals surface area contributed by atoms with Crippen molar-refractivity contribution < 1.29 is 205 Å². The lowest BCUT2D eigenvalue weighted by Gasteiger charge is -2.46. The number of nitrogens with one attached hydrogen (secondary N) is 3. The Hall–Kier alpha value is -5.19. The van der Waals surface area contributed by atoms with Crippen molar-refractivity contribution in [2.75, 3.05) is 78.7 Å². The first-order valence-corrected chi connectivity index (χ1v) is 47.2. The minimum atomic E-state index is -3.99. The molecule has 12 rings (SSSR count). The van der Waals surface area contributed by atoms with Crippen LogP contribution in [0.15, 0.2) is 35.5 Å². The molecule has 6 saturated heterocycles. The SMILES string of the molecule is NCC1=CC[C@@H](N)[C@@H](O[C@H]2[C@H](O[C@@H]3O[C@H](CO)[C@@H](O[C@H]4O[C@@H](CN)[C@@H](O)[C@H](O)[C@H]4N)[C@H]3O)[C@@H](O)[C@H](NC(=O)C(O)C(F)(F)CN)C[C@@H]2N)O1.NCC1=CC[C@@H](N)[C@@H](O[C@H]2[C@H](O[C@@H]3O[C@H](CO)[C@@H](O[C@H]4O[C@@H](CN)[C@@H](O)[C@H](O)[C@H]4N)[C@H]3O)[C@@H](O)[C@H](NC(=O)C(O)[C@H](O)CN)C[C@@H]2N)O1.NCC[C@H](O)C(=O)N[C@@H]1C[C@H](N)[C@@H](O[C@H]2OC(CN)=CC[C@H]2N)[C@H](O[C@@H]2O[C@H](CO)[C@@H](O[C@H]3O[C@@H](CN)[C@@H](O)[C@H](O)[C@H]3N)[C@H]2O)[C@H]1O. The van der Waals surface area contributed by atoms with Gasteiger partial charge in [-0.3, -0.25) is 14.4 Å². The summed E-state index contributed by atoms with van der Waals surface area (Å²) < 4.78 is 133. The average Bonchev–Trinajstić information content (AvgIpc) is 1.50. The van der Waals surface area contributed by atoms with Crippen LogP contribution in [-0.4, -0.2) is 518 Å². The molecule has 3 aliphatic carbocycles. The van der Waals surface area contributed by atoms with E-state index < -0.39 is 375 Å². The summed E-state index contributed by atoms with van der Waals surface area (Å²) in [6.07, 6.45) is -52.6. The molecule has 9 fully saturated rings. The molecule has 0 spiro atoms. The second kappa shape index (κ2) is 54.4. The van der Waals surface area contributed by atoms with E-state index in [9.17, 15) is 120 Å². The first-order chi connectivity index (χ1) is 68.2. The van der Waals surface area contributed by atoms with E-state index in [0.717, 1.165) is 0 Å². The van der Waals surface area contributed by atoms with E-state index >= 15 is 0 Å². The summed E-state index contributed by atoms with van der Waals surface area (Å²) in [6.45, 7) is -4.27. The molecule has 63 heteroatoms. The predicted octanol–water partition coefficient (Wildman–Crippen LogP) is -24.3. The first kappa shape index (κ1) is 121. The summed E-state index contributed by atoms with van der Waals surface area (Å²) >= 11 is 0. The number of halogens is 2. The normalized spacial score (nSPS) is 44.5. The lowest BCUT2D eigenvalue weighted by atomic mass is 9.83. The van der Waals surface area contributed by atoms with E-state index in [0.29, 0.717) is 36.5 Å². The maximum Gasteiger partial charge on any atom is 0.294 e. The van der Waals surface area contributed by atoms with Gasteiger partial charge in [-0.1, -0.05) is 0 Å². The Morgan fingerprint density at radius 1 is 0.347 bits per heavy atom. The van der Waals surface area contributed by atoms with Crippen LogP contribution >= 0.6 is 0 Å². The summed E-state index contributed by atoms with van der Waals surface area (Å²) in [6, 6.07) is -12.6. The second-order valence-electron chi connectivity index (χ2n) is 37.1. The number of carbonyl (C=O) groups excluding carboxylic acids is 3. The van der Waals surface area contributed by atoms with E-state index in [4.69, 9.17) is 188 Å². The average molecular weight is 2100 g/mol. The zero-order valence-corrected chi connectivity index (χ0v) is 78.4. The quantitative estimate of drug-likeness (QED) is 0.0272. The van der Waals surface area contributed by atoms with Crippen LogP contribution in [0.25, 0.3) is 0 Å². The smallest absolute Gasteiger partial charge is 0.294 e. The van der Waals surface area contributed by atoms with Crippen LogP contribution in [0.3, 0.4) is 0 Å². The van der Waals surface area contributed by atoms with E-state index in [2.05, 4.69) is 16.0 Å². The molecule has 52 atom stereocenters. The lowest BCUT2D eigenvalue weighted by molar-refractivity contribution is -0.282. The van der Waals surface area contributed by atoms with Gasteiger partial charge in [-0.05, 0) is 69.7 Å². The number of aliphatic hydroxyl groups is 19. The number of alkyl halides is 2. The molecule has 61 nitrogen and oxygen atoms in total. The van der Waals surface area contributed by atoms with Crippen molar-refractivity contribution in [1.29, 1.82) is 0 Å². The molecule has 9 aliphatic heterocycles. The fourth-order valence-electron chi connectivity index (χ4n) is 18.2. The number of rotatable bonds is 39. The number of carbonyl (C=O) groups is 3. The second-order valence-corrected chi connectivity index (χ2v) is 37.1. The van der Waals surface area contributed by atoms with E-state index in [-0.39, 0.29) is 71.5 Å². The fourth-order valence-corrected chi connectivity index (χ4v) is 18.2. The standard InChI is InChI=1S/C27H49F2N7O13.C27H51N7O14.C27H51N7O13/c28-27(29,7-32)22(42)23(43)36-11-3-10(34)19(47-24-9(33)2-1-8(4-30)44-24)21(15(11)38)49-26-18(41)20(13(6-37)46-26)48-25-14(35)17(40)16(39)12(5-31)45-25;28-4-8-1-2-9(31)25(43-8)46-21-10(32)3-11(34-24(42)17(38)12(36)5-29)16(37)23(21)48-27-20(41)22(14(7-35)45-27)47-26-15(33)19(40)18(39)13(6-30)44-26;28-4-3-13(36)24(41)34-12-5-11(32)21(45-25-10(31)2-1-9(6-29)42-25)23(17(12)37)47-27-20(40)22(15(8-35)44-27)46-26-16(33)19(39)18(38)14(7-30)43-26/h1,9-22,24-26,37-42H,2-7,30-35H2,(H,36,43);1,9-23,25-27,35-41H,2-7,28-33H2,(H,34,42);1,10-23,25-27,35-40H,2-8,28-33H2,(H,34,41)/t9-,10+,11-,12+,13-,14-,15+,16-,17-,18-,19-,20-,21-,22?,24-,25-,26+;9-,10+,11-,12-,13+,14-,15-,16+,17?,18-,19-,20-,21-,22-,23-,25-,26-,27+;10-,11+,12-,13+,14+,15-,16-,17+,18-,19-,20-,21-,22-,23-,25-,26-,27+/m111/s1. The number of hydrogen-bond donors (Lipinski definition) is 40. The zero-order chi connectivity index (χ0) is 106. The molecule has 0 aromatic heterocycles. The van der Waals surface area contributed by atoms with Gasteiger partial charge in [0, 0.05) is 44.3 Å². The van der Waals surface area contributed by atoms with Gasteiger partial charge in [-0.15, -0.1) is 0 Å². The topological polar surface area (TPSA) is 1110 Å². The molecule has 9 heterocycles. The Kier molecular flexibility index (Phi) is 45.6. The largest absolute Gasteiger partial charge is 0.467 e. The highest BCUT2D eigenvalue weighted by Crippen LogP contribution is 2.41. The maximum absolute atomic E-state index is 14.0. The molecular formula is C81H151F2N21O40. The number of hydrogen-bond acceptors (Lipinski definition) is 58. The molecule has 0 aromatic rings. The number of aliphatic hydroxyl groups excluding tert-OH is 19. The Morgan fingerprint density at radius 2 is 0.618 bits per heavy atom. The monoisotopic (exact) mass is 2100 g/mol. The zero-order valence-electron chi connectivity index (χ0n) is 78.4. The lowest BCUT2D eigenvalue weighted by Crippen LogP contribution is -2.67. The van der Waals surface area contributed by atoms with Crippen LogP contribution in [0.2, 0.25) is 0 Å². The summed E-state index contributed by atoms with van der Waals surface area (Å²) in [4.78, 5) is 37.9. The summed E-state index contributed by atoms with van der Waals surface area (Å²) in [5.41, 5.74) is 106. The molecule has 144 heavy (non-hydrogen) atoms. The molecular weight excluding hydrogens is 1940 g/mol. The van der Waals surface area contributed by atoms with Crippen LogP contribution in [-0.2, 0) is 99.6 Å². The molecule has 12 aliphatic rings. The van der Waals surface area contributed by atoms with Crippen LogP contribution in [0.5, 0.6) is 0 Å². The van der Waals surface area contributed by atoms with Gasteiger partial charge < -0.3 is 301 Å². The molecule has 0 radical (unpaired) electrons. The van der Waals surface area contributed by atoms with Crippen molar-refractivity contribution in [3.63, 3.8) is 0 Å². The van der Waals surface area contributed by atoms with Crippen LogP contribution in [0, 0.1) is 0 Å². The molecule has 834 valence electrons. The van der Waals surface area contributed by atoms with Gasteiger partial charge in [-0.2, -0.15) is 0 Å². The van der Waals surface area contributed by atoms with E-state index in [1.165, 1.54) is 0 Å². The van der Waals surface area contributed by atoms with Gasteiger partial charge in [0.15, 0.2) is 49.9 Å². The van der Waals surface area contributed by atoms with Crippen molar-refractivity contribution in [3.05, 3.63) is 35.5 Å². The number of ether oxygens (including phenoxy) is 18. The van der Waals surface area contributed by atoms with Gasteiger partial charge in [-0.25, -0.2) is 8.78 Å². The Morgan fingerprint density at radius 3 is 0.882 bits per heavy atom.